The van der Waals surface area contributed by atoms with Crippen LogP contribution in [0.5, 0.6) is 17.2 Å². The highest BCUT2D eigenvalue weighted by Gasteiger charge is 2.14. The number of nitro benzene ring substituents is 1. The normalized spacial score (nSPS) is 10.2. The first-order chi connectivity index (χ1) is 9.51. The van der Waals surface area contributed by atoms with Crippen LogP contribution in [0.3, 0.4) is 0 Å². The highest BCUT2D eigenvalue weighted by Crippen LogP contribution is 2.37. The van der Waals surface area contributed by atoms with E-state index in [2.05, 4.69) is 0 Å². The molecular formula is C13H9Cl2NO4. The zero-order valence-electron chi connectivity index (χ0n) is 10.3. The summed E-state index contributed by atoms with van der Waals surface area (Å²) in [6.45, 7) is 0. The Bertz CT molecular complexity index is 661. The van der Waals surface area contributed by atoms with Crippen molar-refractivity contribution in [2.24, 2.45) is 0 Å². The van der Waals surface area contributed by atoms with E-state index >= 15 is 0 Å². The fourth-order valence-electron chi connectivity index (χ4n) is 1.53. The van der Waals surface area contributed by atoms with Crippen molar-refractivity contribution in [1.82, 2.24) is 0 Å². The molecule has 0 aliphatic carbocycles. The van der Waals surface area contributed by atoms with Gasteiger partial charge in [0.1, 0.15) is 5.75 Å². The Kier molecular flexibility index (Phi) is 4.32. The molecule has 0 saturated carbocycles. The molecule has 0 radical (unpaired) electrons. The number of benzene rings is 2. The molecule has 2 aromatic rings. The van der Waals surface area contributed by atoms with Crippen LogP contribution >= 0.6 is 23.2 Å². The van der Waals surface area contributed by atoms with Gasteiger partial charge in [-0.15, -0.1) is 0 Å². The highest BCUT2D eigenvalue weighted by molar-refractivity contribution is 6.35. The predicted octanol–water partition coefficient (Wildman–Crippen LogP) is 4.70. The van der Waals surface area contributed by atoms with Crippen LogP contribution in [-0.4, -0.2) is 12.0 Å². The molecule has 2 aromatic carbocycles. The van der Waals surface area contributed by atoms with Gasteiger partial charge in [-0.05, 0) is 24.3 Å². The van der Waals surface area contributed by atoms with E-state index in [1.165, 1.54) is 31.4 Å². The quantitative estimate of drug-likeness (QED) is 0.606. The lowest BCUT2D eigenvalue weighted by Gasteiger charge is -2.11. The van der Waals surface area contributed by atoms with Gasteiger partial charge in [0.15, 0.2) is 11.5 Å². The Morgan fingerprint density at radius 1 is 1.05 bits per heavy atom. The second kappa shape index (κ2) is 5.98. The molecule has 0 aliphatic rings. The minimum absolute atomic E-state index is 0.0867. The Morgan fingerprint density at radius 3 is 2.35 bits per heavy atom. The Hall–Kier alpha value is -1.98. The van der Waals surface area contributed by atoms with Crippen LogP contribution in [0.2, 0.25) is 10.0 Å². The lowest BCUT2D eigenvalue weighted by atomic mass is 10.2. The Labute approximate surface area is 124 Å². The van der Waals surface area contributed by atoms with E-state index in [-0.39, 0.29) is 11.4 Å². The molecule has 0 spiro atoms. The molecule has 7 heteroatoms. The van der Waals surface area contributed by atoms with Crippen LogP contribution in [0.25, 0.3) is 0 Å². The van der Waals surface area contributed by atoms with E-state index in [0.717, 1.165) is 0 Å². The number of hydrogen-bond donors (Lipinski definition) is 0. The maximum absolute atomic E-state index is 10.7. The molecule has 20 heavy (non-hydrogen) atoms. The van der Waals surface area contributed by atoms with Crippen LogP contribution in [0.4, 0.5) is 5.69 Å². The van der Waals surface area contributed by atoms with Crippen molar-refractivity contribution >= 4 is 28.9 Å². The van der Waals surface area contributed by atoms with Gasteiger partial charge < -0.3 is 9.47 Å². The van der Waals surface area contributed by atoms with Crippen LogP contribution in [-0.2, 0) is 0 Å². The van der Waals surface area contributed by atoms with E-state index in [0.29, 0.717) is 21.5 Å². The van der Waals surface area contributed by atoms with Gasteiger partial charge in [0.2, 0.25) is 0 Å². The predicted molar refractivity (Wildman–Crippen MR) is 76.2 cm³/mol. The number of rotatable bonds is 4. The van der Waals surface area contributed by atoms with E-state index in [4.69, 9.17) is 32.7 Å². The minimum Gasteiger partial charge on any atom is -0.493 e. The van der Waals surface area contributed by atoms with Gasteiger partial charge in [-0.2, -0.15) is 0 Å². The van der Waals surface area contributed by atoms with Crippen molar-refractivity contribution in [3.63, 3.8) is 0 Å². The maximum atomic E-state index is 10.7. The molecule has 0 amide bonds. The Balaban J connectivity index is 2.35. The number of methoxy groups -OCH3 is 1. The summed E-state index contributed by atoms with van der Waals surface area (Å²) in [5, 5.41) is 11.5. The number of nitro groups is 1. The second-order valence-corrected chi connectivity index (χ2v) is 4.61. The smallest absolute Gasteiger partial charge is 0.273 e. The molecule has 0 heterocycles. The van der Waals surface area contributed by atoms with Crippen molar-refractivity contribution in [1.29, 1.82) is 0 Å². The average molecular weight is 314 g/mol. The summed E-state index contributed by atoms with van der Waals surface area (Å²) in [5.41, 5.74) is -0.0867. The summed E-state index contributed by atoms with van der Waals surface area (Å²) in [6.07, 6.45) is 0. The molecule has 2 rings (SSSR count). The Morgan fingerprint density at radius 2 is 1.75 bits per heavy atom. The molecule has 0 atom stereocenters. The van der Waals surface area contributed by atoms with Crippen LogP contribution in [0.1, 0.15) is 0 Å². The number of nitrogens with zero attached hydrogens (tertiary/aromatic N) is 1. The van der Waals surface area contributed by atoms with E-state index in [1.54, 1.807) is 12.1 Å². The van der Waals surface area contributed by atoms with Crippen LogP contribution in [0, 0.1) is 10.1 Å². The molecular weight excluding hydrogens is 305 g/mol. The topological polar surface area (TPSA) is 61.6 Å². The van der Waals surface area contributed by atoms with Crippen molar-refractivity contribution in [3.05, 3.63) is 56.6 Å². The van der Waals surface area contributed by atoms with Crippen molar-refractivity contribution in [2.75, 3.05) is 7.11 Å². The molecule has 0 fully saturated rings. The van der Waals surface area contributed by atoms with Crippen molar-refractivity contribution in [3.8, 4) is 17.2 Å². The largest absolute Gasteiger partial charge is 0.493 e. The summed E-state index contributed by atoms with van der Waals surface area (Å²) >= 11 is 11.8. The first-order valence-electron chi connectivity index (χ1n) is 5.46. The number of hydrogen-bond acceptors (Lipinski definition) is 4. The third-order valence-corrected chi connectivity index (χ3v) is 3.00. The van der Waals surface area contributed by atoms with Gasteiger partial charge in [0.25, 0.3) is 5.69 Å². The fraction of sp³-hybridized carbons (Fsp3) is 0.0769. The van der Waals surface area contributed by atoms with Gasteiger partial charge in [-0.1, -0.05) is 23.2 Å². The van der Waals surface area contributed by atoms with Gasteiger partial charge in [-0.25, -0.2) is 0 Å². The van der Waals surface area contributed by atoms with Gasteiger partial charge in [0.05, 0.1) is 23.1 Å². The first-order valence-corrected chi connectivity index (χ1v) is 6.22. The fourth-order valence-corrected chi connectivity index (χ4v) is 1.98. The summed E-state index contributed by atoms with van der Waals surface area (Å²) in [7, 11) is 1.40. The van der Waals surface area contributed by atoms with Gasteiger partial charge in [0, 0.05) is 11.1 Å². The lowest BCUT2D eigenvalue weighted by molar-refractivity contribution is -0.384. The summed E-state index contributed by atoms with van der Waals surface area (Å²) in [5.74, 6) is 0.941. The van der Waals surface area contributed by atoms with Gasteiger partial charge >= 0.3 is 0 Å². The molecule has 104 valence electrons. The molecule has 0 bridgehead atoms. The SMILES string of the molecule is COc1cc([N+](=O)[O-])ccc1Oc1ccc(Cl)cc1Cl. The van der Waals surface area contributed by atoms with Crippen LogP contribution in [0.15, 0.2) is 36.4 Å². The van der Waals surface area contributed by atoms with Crippen LogP contribution < -0.4 is 9.47 Å². The molecule has 0 N–H and O–H groups in total. The average Bonchev–Trinajstić information content (AvgIpc) is 2.42. The molecule has 0 unspecified atom stereocenters. The number of ether oxygens (including phenoxy) is 2. The first kappa shape index (κ1) is 14.4. The lowest BCUT2D eigenvalue weighted by Crippen LogP contribution is -1.94. The molecule has 0 aliphatic heterocycles. The minimum atomic E-state index is -0.512. The zero-order chi connectivity index (χ0) is 14.7. The second-order valence-electron chi connectivity index (χ2n) is 3.77. The number of non-ortho nitro benzene ring substituents is 1. The van der Waals surface area contributed by atoms with E-state index in [9.17, 15) is 10.1 Å². The summed E-state index contributed by atoms with van der Waals surface area (Å²) in [4.78, 5) is 10.2. The summed E-state index contributed by atoms with van der Waals surface area (Å²) in [6, 6.07) is 8.81. The third-order valence-electron chi connectivity index (χ3n) is 2.47. The van der Waals surface area contributed by atoms with E-state index in [1.807, 2.05) is 0 Å². The highest BCUT2D eigenvalue weighted by atomic mass is 35.5. The number of halogens is 2. The van der Waals surface area contributed by atoms with Crippen molar-refractivity contribution in [2.45, 2.75) is 0 Å². The molecule has 0 saturated heterocycles. The molecule has 0 aromatic heterocycles. The zero-order valence-corrected chi connectivity index (χ0v) is 11.8. The standard InChI is InChI=1S/C13H9Cl2NO4/c1-19-13-7-9(16(17)18)3-5-12(13)20-11-4-2-8(14)6-10(11)15/h2-7H,1H3. The summed E-state index contributed by atoms with van der Waals surface area (Å²) < 4.78 is 10.7. The monoisotopic (exact) mass is 313 g/mol. The van der Waals surface area contributed by atoms with Crippen molar-refractivity contribution < 1.29 is 14.4 Å². The van der Waals surface area contributed by atoms with E-state index < -0.39 is 4.92 Å². The van der Waals surface area contributed by atoms with Gasteiger partial charge in [-0.3, -0.25) is 10.1 Å². The molecule has 5 nitrogen and oxygen atoms in total. The maximum Gasteiger partial charge on any atom is 0.273 e. The third kappa shape index (κ3) is 3.12.